The molecular formula is C52H65N3O8P+. The number of aliphatic hydroxyl groups excluding tert-OH is 1. The number of nitrogens with one attached hydrogen (secondary N) is 2. The standard InChI is InChI=1S/C52H64N3O8P/c1-35-31-42-47(54-29-18-7-8-19-30-64(39-22-12-9-13-23-39,40-24-14-10-15-25-40)41-26-16-11-17-27-41)44(56)34-43(49(42)58)55-51(59)36(2)21-20-28-45(61-5)50(63-52(53)60)38(4)33-37(3)48(57)46(32-35)62-6/h9-17,20-28,33-35,37,45-46,48,50,57H,7-8,18-19,29-32H2,1-6H3,(H3-,53,54,55,56,58,59,60)/p+1/b28-20+,36-21-,38-33+/t35-,37+,45+,46+,48-,50+/m1/s1. The van der Waals surface area contributed by atoms with Gasteiger partial charge in [-0.2, -0.15) is 0 Å². The third-order valence-corrected chi connectivity index (χ3v) is 16.6. The summed E-state index contributed by atoms with van der Waals surface area (Å²) in [6.07, 6.45) is 8.61. The van der Waals surface area contributed by atoms with Crippen LogP contribution in [0.5, 0.6) is 0 Å². The molecule has 3 aromatic carbocycles. The number of methoxy groups -OCH3 is 2. The molecule has 2 amide bonds. The molecule has 2 aliphatic rings. The quantitative estimate of drug-likeness (QED) is 0.0583. The van der Waals surface area contributed by atoms with Gasteiger partial charge in [0.2, 0.25) is 11.6 Å². The van der Waals surface area contributed by atoms with E-state index in [1.54, 1.807) is 32.1 Å². The Morgan fingerprint density at radius 2 is 1.42 bits per heavy atom. The summed E-state index contributed by atoms with van der Waals surface area (Å²) in [6.45, 7) is 7.58. The lowest BCUT2D eigenvalue weighted by Crippen LogP contribution is -2.38. The van der Waals surface area contributed by atoms with Crippen molar-refractivity contribution in [3.63, 3.8) is 0 Å². The first-order chi connectivity index (χ1) is 30.8. The number of primary amides is 1. The van der Waals surface area contributed by atoms with Gasteiger partial charge in [0.15, 0.2) is 6.10 Å². The highest BCUT2D eigenvalue weighted by Gasteiger charge is 2.44. The summed E-state index contributed by atoms with van der Waals surface area (Å²) in [5.41, 5.74) is 6.67. The van der Waals surface area contributed by atoms with Crippen LogP contribution in [0, 0.1) is 11.8 Å². The largest absolute Gasteiger partial charge is 0.439 e. The third kappa shape index (κ3) is 12.6. The number of ether oxygens (including phenoxy) is 3. The lowest BCUT2D eigenvalue weighted by atomic mass is 9.85. The van der Waals surface area contributed by atoms with Crippen molar-refractivity contribution < 1.29 is 38.5 Å². The molecule has 1 aliphatic heterocycles. The van der Waals surface area contributed by atoms with E-state index in [9.17, 15) is 24.3 Å². The molecule has 0 fully saturated rings. The van der Waals surface area contributed by atoms with Crippen molar-refractivity contribution in [3.05, 3.63) is 149 Å². The Kier molecular flexibility index (Phi) is 18.6. The molecule has 6 atom stereocenters. The van der Waals surface area contributed by atoms with Crippen molar-refractivity contribution in [3.8, 4) is 0 Å². The molecule has 3 aromatic rings. The molecule has 64 heavy (non-hydrogen) atoms. The van der Waals surface area contributed by atoms with E-state index < -0.39 is 61.2 Å². The molecule has 340 valence electrons. The molecule has 5 N–H and O–H groups in total. The van der Waals surface area contributed by atoms with Crippen LogP contribution < -0.4 is 32.3 Å². The Hall–Kier alpha value is -5.45. The molecule has 5 rings (SSSR count). The predicted octanol–water partition coefficient (Wildman–Crippen LogP) is 6.91. The Morgan fingerprint density at radius 3 is 1.97 bits per heavy atom. The summed E-state index contributed by atoms with van der Waals surface area (Å²) in [5, 5.41) is 21.6. The van der Waals surface area contributed by atoms with Crippen LogP contribution >= 0.6 is 7.26 Å². The highest BCUT2D eigenvalue weighted by molar-refractivity contribution is 7.95. The average Bonchev–Trinajstić information content (AvgIpc) is 3.29. The minimum absolute atomic E-state index is 0.110. The first kappa shape index (κ1) is 49.6. The Balaban J connectivity index is 1.34. The second-order valence-corrected chi connectivity index (χ2v) is 20.4. The number of hydrogen-bond acceptors (Lipinski definition) is 9. The van der Waals surface area contributed by atoms with E-state index in [2.05, 4.69) is 102 Å². The van der Waals surface area contributed by atoms with E-state index in [1.165, 1.54) is 42.3 Å². The van der Waals surface area contributed by atoms with E-state index in [0.29, 0.717) is 18.5 Å². The second-order valence-electron chi connectivity index (χ2n) is 16.8. The summed E-state index contributed by atoms with van der Waals surface area (Å²) in [5.74, 6) is -2.09. The fourth-order valence-corrected chi connectivity index (χ4v) is 13.1. The fraction of sp³-hybridized carbons (Fsp3) is 0.385. The van der Waals surface area contributed by atoms with E-state index in [1.807, 2.05) is 13.8 Å². The summed E-state index contributed by atoms with van der Waals surface area (Å²) in [4.78, 5) is 53.4. The maximum Gasteiger partial charge on any atom is 0.405 e. The SMILES string of the molecule is CO[C@H]1/C=C/C=C(/C)C(=O)NC2=CC(=O)C(NCCCCCC[P+](c3ccccc3)(c3ccccc3)c3ccccc3)=C(C[C@@H](C)C[C@H](OC)[C@H](O)[C@@H](C)/C=C(\C)[C@@H]1OC(N)=O)C2=O. The summed E-state index contributed by atoms with van der Waals surface area (Å²) < 4.78 is 16.9. The van der Waals surface area contributed by atoms with Crippen molar-refractivity contribution in [2.45, 2.75) is 90.6 Å². The summed E-state index contributed by atoms with van der Waals surface area (Å²) >= 11 is 0. The molecule has 0 unspecified atom stereocenters. The Bertz CT molecular complexity index is 2120. The van der Waals surface area contributed by atoms with Gasteiger partial charge in [-0.25, -0.2) is 4.79 Å². The predicted molar refractivity (Wildman–Crippen MR) is 256 cm³/mol. The van der Waals surface area contributed by atoms with Crippen molar-refractivity contribution in [2.75, 3.05) is 26.9 Å². The van der Waals surface area contributed by atoms with Gasteiger partial charge in [-0.1, -0.05) is 99.2 Å². The van der Waals surface area contributed by atoms with Gasteiger partial charge >= 0.3 is 6.09 Å². The molecule has 11 nitrogen and oxygen atoms in total. The smallest absolute Gasteiger partial charge is 0.405 e. The van der Waals surface area contributed by atoms with Crippen molar-refractivity contribution in [1.82, 2.24) is 10.6 Å². The number of aliphatic hydroxyl groups is 1. The number of allylic oxidation sites excluding steroid dienone is 4. The van der Waals surface area contributed by atoms with Crippen LogP contribution in [0.25, 0.3) is 0 Å². The zero-order chi connectivity index (χ0) is 46.2. The van der Waals surface area contributed by atoms with Crippen LogP contribution in [0.1, 0.15) is 66.2 Å². The molecule has 0 saturated carbocycles. The van der Waals surface area contributed by atoms with Gasteiger partial charge in [0.25, 0.3) is 5.91 Å². The van der Waals surface area contributed by atoms with Gasteiger partial charge in [0, 0.05) is 43.9 Å². The molecular weight excluding hydrogens is 826 g/mol. The molecule has 2 bridgehead atoms. The number of carbonyl (C=O) groups excluding carboxylic acids is 4. The number of unbranched alkanes of at least 4 members (excludes halogenated alkanes) is 3. The molecule has 0 spiro atoms. The number of fused-ring (bicyclic) bond motifs is 2. The maximum atomic E-state index is 14.2. The van der Waals surface area contributed by atoms with E-state index >= 15 is 0 Å². The van der Waals surface area contributed by atoms with Gasteiger partial charge < -0.3 is 35.7 Å². The fourth-order valence-electron chi connectivity index (χ4n) is 8.70. The van der Waals surface area contributed by atoms with Crippen LogP contribution in [0.4, 0.5) is 4.79 Å². The highest BCUT2D eigenvalue weighted by atomic mass is 31.2. The lowest BCUT2D eigenvalue weighted by Gasteiger charge is -2.30. The number of rotatable bonds is 14. The van der Waals surface area contributed by atoms with Crippen LogP contribution in [0.2, 0.25) is 0 Å². The number of ketones is 2. The minimum Gasteiger partial charge on any atom is -0.439 e. The number of nitrogens with two attached hydrogens (primary N) is 1. The summed E-state index contributed by atoms with van der Waals surface area (Å²) in [7, 11) is 1.03. The first-order valence-corrected chi connectivity index (χ1v) is 24.1. The van der Waals surface area contributed by atoms with Gasteiger partial charge in [-0.05, 0) is 93.8 Å². The van der Waals surface area contributed by atoms with E-state index in [4.69, 9.17) is 19.9 Å². The number of amides is 2. The third-order valence-electron chi connectivity index (χ3n) is 12.1. The van der Waals surface area contributed by atoms with E-state index in [-0.39, 0.29) is 34.9 Å². The molecule has 1 aliphatic carbocycles. The summed E-state index contributed by atoms with van der Waals surface area (Å²) in [6, 6.07) is 32.6. The van der Waals surface area contributed by atoms with Crippen molar-refractivity contribution in [1.29, 1.82) is 0 Å². The minimum atomic E-state index is -1.94. The molecule has 0 radical (unpaired) electrons. The number of benzene rings is 3. The highest BCUT2D eigenvalue weighted by Crippen LogP contribution is 2.56. The molecule has 1 heterocycles. The van der Waals surface area contributed by atoms with Gasteiger partial charge in [-0.3, -0.25) is 14.4 Å². The lowest BCUT2D eigenvalue weighted by molar-refractivity contribution is -0.120. The topological polar surface area (TPSA) is 166 Å². The Labute approximate surface area is 379 Å². The number of carbonyl (C=O) groups is 4. The monoisotopic (exact) mass is 890 g/mol. The number of Topliss-reactive ketones (excluding diaryl/α,β-unsaturated/α-hetero) is 1. The average molecular weight is 891 g/mol. The Morgan fingerprint density at radius 1 is 0.844 bits per heavy atom. The second kappa shape index (κ2) is 24.0. The molecule has 0 saturated heterocycles. The zero-order valence-electron chi connectivity index (χ0n) is 38.0. The van der Waals surface area contributed by atoms with Crippen LogP contribution in [-0.2, 0) is 28.6 Å². The maximum absolute atomic E-state index is 14.2. The normalized spacial score (nSPS) is 25.0. The van der Waals surface area contributed by atoms with Gasteiger partial charge in [0.05, 0.1) is 29.8 Å². The van der Waals surface area contributed by atoms with Crippen LogP contribution in [0.15, 0.2) is 149 Å². The van der Waals surface area contributed by atoms with Crippen molar-refractivity contribution in [2.24, 2.45) is 17.6 Å². The first-order valence-electron chi connectivity index (χ1n) is 22.2. The van der Waals surface area contributed by atoms with Crippen LogP contribution in [-0.4, -0.2) is 80.0 Å². The molecule has 0 aromatic heterocycles. The van der Waals surface area contributed by atoms with Gasteiger partial charge in [-0.15, -0.1) is 0 Å². The van der Waals surface area contributed by atoms with Crippen molar-refractivity contribution >= 4 is 46.7 Å². The van der Waals surface area contributed by atoms with Crippen LogP contribution in [0.3, 0.4) is 0 Å². The zero-order valence-corrected chi connectivity index (χ0v) is 38.9. The number of hydrogen-bond donors (Lipinski definition) is 4. The van der Waals surface area contributed by atoms with E-state index in [0.717, 1.165) is 31.8 Å². The molecule has 12 heteroatoms. The van der Waals surface area contributed by atoms with Gasteiger partial charge in [0.1, 0.15) is 29.3 Å².